The van der Waals surface area contributed by atoms with E-state index in [2.05, 4.69) is 10.1 Å². The minimum Gasteiger partial charge on any atom is -0.479 e. The Kier molecular flexibility index (Phi) is 6.43. The molecule has 0 aliphatic rings. The summed E-state index contributed by atoms with van der Waals surface area (Å²) in [7, 11) is 1.28. The van der Waals surface area contributed by atoms with E-state index in [1.165, 1.54) is 7.11 Å². The van der Waals surface area contributed by atoms with E-state index in [1.54, 1.807) is 62.4 Å². The van der Waals surface area contributed by atoms with E-state index in [9.17, 15) is 9.59 Å². The van der Waals surface area contributed by atoms with Gasteiger partial charge in [-0.15, -0.1) is 0 Å². The monoisotopic (exact) mass is 358 g/mol. The van der Waals surface area contributed by atoms with Gasteiger partial charge in [0.15, 0.2) is 12.2 Å². The van der Waals surface area contributed by atoms with Crippen LogP contribution in [0.5, 0.6) is 11.5 Å². The Morgan fingerprint density at radius 1 is 0.923 bits per heavy atom. The average molecular weight is 358 g/mol. The molecule has 0 aliphatic carbocycles. The third-order valence-electron chi connectivity index (χ3n) is 3.57. The Bertz CT molecular complexity index is 778. The van der Waals surface area contributed by atoms with E-state index in [0.29, 0.717) is 22.9 Å². The molecule has 3 N–H and O–H groups in total. The van der Waals surface area contributed by atoms with E-state index < -0.39 is 18.2 Å². The summed E-state index contributed by atoms with van der Waals surface area (Å²) in [4.78, 5) is 24.0. The molecule has 0 aliphatic heterocycles. The molecule has 0 heterocycles. The van der Waals surface area contributed by atoms with Crippen molar-refractivity contribution in [1.82, 2.24) is 0 Å². The van der Waals surface area contributed by atoms with Gasteiger partial charge < -0.3 is 25.3 Å². The first kappa shape index (κ1) is 19.1. The van der Waals surface area contributed by atoms with Gasteiger partial charge in [-0.25, -0.2) is 4.79 Å². The number of para-hydroxylation sites is 4. The molecule has 1 amide bonds. The normalized spacial score (nSPS) is 12.6. The molecule has 2 aromatic rings. The summed E-state index contributed by atoms with van der Waals surface area (Å²) in [5, 5.41) is 2.73. The van der Waals surface area contributed by atoms with Crippen molar-refractivity contribution >= 4 is 23.3 Å². The lowest BCUT2D eigenvalue weighted by molar-refractivity contribution is -0.147. The van der Waals surface area contributed by atoms with Crippen LogP contribution in [-0.2, 0) is 14.3 Å². The highest BCUT2D eigenvalue weighted by atomic mass is 16.6. The Labute approximate surface area is 152 Å². The maximum Gasteiger partial charge on any atom is 0.346 e. The van der Waals surface area contributed by atoms with Crippen molar-refractivity contribution < 1.29 is 23.8 Å². The molecule has 0 fully saturated rings. The number of carbonyl (C=O) groups excluding carboxylic acids is 2. The highest BCUT2D eigenvalue weighted by molar-refractivity contribution is 5.95. The molecule has 0 spiro atoms. The van der Waals surface area contributed by atoms with E-state index >= 15 is 0 Å². The third-order valence-corrected chi connectivity index (χ3v) is 3.57. The Morgan fingerprint density at radius 3 is 2.15 bits per heavy atom. The van der Waals surface area contributed by atoms with Gasteiger partial charge in [0.1, 0.15) is 11.5 Å². The van der Waals surface area contributed by atoms with E-state index in [4.69, 9.17) is 15.2 Å². The van der Waals surface area contributed by atoms with Crippen LogP contribution in [0.4, 0.5) is 11.4 Å². The fourth-order valence-electron chi connectivity index (χ4n) is 2.14. The van der Waals surface area contributed by atoms with Gasteiger partial charge in [-0.05, 0) is 38.1 Å². The van der Waals surface area contributed by atoms with Gasteiger partial charge in [0, 0.05) is 0 Å². The second-order valence-electron chi connectivity index (χ2n) is 5.57. The standard InChI is InChI=1S/C19H22N2O5/c1-12(25-16-10-6-4-8-14(16)20)18(22)21-15-9-5-7-11-17(15)26-13(2)19(23)24-3/h4-13H,20H2,1-3H3,(H,21,22)/t12-,13-/m1/s1. The summed E-state index contributed by atoms with van der Waals surface area (Å²) >= 11 is 0. The number of hydrogen-bond acceptors (Lipinski definition) is 6. The number of hydrogen-bond donors (Lipinski definition) is 2. The number of amides is 1. The first-order valence-electron chi connectivity index (χ1n) is 8.08. The van der Waals surface area contributed by atoms with Crippen LogP contribution in [0.3, 0.4) is 0 Å². The SMILES string of the molecule is COC(=O)[C@@H](C)Oc1ccccc1NC(=O)[C@@H](C)Oc1ccccc1N. The number of methoxy groups -OCH3 is 1. The molecular weight excluding hydrogens is 336 g/mol. The molecule has 0 saturated carbocycles. The van der Waals surface area contributed by atoms with E-state index in [-0.39, 0.29) is 5.91 Å². The quantitative estimate of drug-likeness (QED) is 0.583. The summed E-state index contributed by atoms with van der Waals surface area (Å²) in [6, 6.07) is 13.7. The number of anilines is 2. The average Bonchev–Trinajstić information content (AvgIpc) is 2.64. The molecule has 0 bridgehead atoms. The number of nitrogens with one attached hydrogen (secondary N) is 1. The fraction of sp³-hybridized carbons (Fsp3) is 0.263. The van der Waals surface area contributed by atoms with Crippen molar-refractivity contribution in [3.63, 3.8) is 0 Å². The summed E-state index contributed by atoms with van der Waals surface area (Å²) in [6.45, 7) is 3.18. The molecule has 0 saturated heterocycles. The summed E-state index contributed by atoms with van der Waals surface area (Å²) in [5.41, 5.74) is 6.69. The van der Waals surface area contributed by atoms with Crippen LogP contribution in [-0.4, -0.2) is 31.2 Å². The molecular formula is C19H22N2O5. The predicted octanol–water partition coefficient (Wildman–Crippen LogP) is 2.62. The maximum atomic E-state index is 12.4. The van der Waals surface area contributed by atoms with Crippen LogP contribution in [0.2, 0.25) is 0 Å². The smallest absolute Gasteiger partial charge is 0.346 e. The summed E-state index contributed by atoms with van der Waals surface area (Å²) in [5.74, 6) is -0.110. The molecule has 7 heteroatoms. The molecule has 2 rings (SSSR count). The number of nitrogens with two attached hydrogens (primary N) is 1. The third kappa shape index (κ3) is 4.89. The summed E-state index contributed by atoms with van der Waals surface area (Å²) in [6.07, 6.45) is -1.60. The number of esters is 1. The van der Waals surface area contributed by atoms with Gasteiger partial charge in [0.05, 0.1) is 18.5 Å². The molecule has 0 unspecified atom stereocenters. The van der Waals surface area contributed by atoms with Crippen molar-refractivity contribution in [3.05, 3.63) is 48.5 Å². The zero-order valence-corrected chi connectivity index (χ0v) is 14.9. The maximum absolute atomic E-state index is 12.4. The molecule has 0 aromatic heterocycles. The Morgan fingerprint density at radius 2 is 1.50 bits per heavy atom. The molecule has 0 radical (unpaired) electrons. The van der Waals surface area contributed by atoms with Crippen molar-refractivity contribution in [1.29, 1.82) is 0 Å². The zero-order valence-electron chi connectivity index (χ0n) is 14.9. The van der Waals surface area contributed by atoms with E-state index in [1.807, 2.05) is 0 Å². The van der Waals surface area contributed by atoms with Gasteiger partial charge in [0.2, 0.25) is 0 Å². The van der Waals surface area contributed by atoms with Crippen LogP contribution in [0.15, 0.2) is 48.5 Å². The molecule has 2 atom stereocenters. The number of carbonyl (C=O) groups is 2. The minimum atomic E-state index is -0.809. The van der Waals surface area contributed by atoms with Crippen molar-refractivity contribution in [2.45, 2.75) is 26.1 Å². The minimum absolute atomic E-state index is 0.352. The zero-order chi connectivity index (χ0) is 19.1. The number of rotatable bonds is 7. The molecule has 7 nitrogen and oxygen atoms in total. The second kappa shape index (κ2) is 8.75. The van der Waals surface area contributed by atoms with Crippen LogP contribution in [0.1, 0.15) is 13.8 Å². The van der Waals surface area contributed by atoms with Crippen molar-refractivity contribution in [2.75, 3.05) is 18.2 Å². The largest absolute Gasteiger partial charge is 0.479 e. The topological polar surface area (TPSA) is 99.9 Å². The highest BCUT2D eigenvalue weighted by Gasteiger charge is 2.20. The van der Waals surface area contributed by atoms with Gasteiger partial charge >= 0.3 is 5.97 Å². The lowest BCUT2D eigenvalue weighted by atomic mass is 10.2. The lowest BCUT2D eigenvalue weighted by Crippen LogP contribution is -2.31. The molecule has 26 heavy (non-hydrogen) atoms. The fourth-order valence-corrected chi connectivity index (χ4v) is 2.14. The first-order valence-corrected chi connectivity index (χ1v) is 8.08. The van der Waals surface area contributed by atoms with Gasteiger partial charge in [-0.1, -0.05) is 24.3 Å². The summed E-state index contributed by atoms with van der Waals surface area (Å²) < 4.78 is 15.8. The van der Waals surface area contributed by atoms with E-state index in [0.717, 1.165) is 0 Å². The van der Waals surface area contributed by atoms with Crippen molar-refractivity contribution in [3.8, 4) is 11.5 Å². The van der Waals surface area contributed by atoms with Crippen molar-refractivity contribution in [2.24, 2.45) is 0 Å². The van der Waals surface area contributed by atoms with Gasteiger partial charge in [-0.2, -0.15) is 0 Å². The second-order valence-corrected chi connectivity index (χ2v) is 5.57. The molecule has 138 valence electrons. The van der Waals surface area contributed by atoms with Gasteiger partial charge in [-0.3, -0.25) is 4.79 Å². The first-order chi connectivity index (χ1) is 12.4. The lowest BCUT2D eigenvalue weighted by Gasteiger charge is -2.19. The Hall–Kier alpha value is -3.22. The van der Waals surface area contributed by atoms with Crippen LogP contribution in [0, 0.1) is 0 Å². The number of nitrogen functional groups attached to an aromatic ring is 1. The number of benzene rings is 2. The van der Waals surface area contributed by atoms with Crippen LogP contribution in [0.25, 0.3) is 0 Å². The predicted molar refractivity (Wildman–Crippen MR) is 98.1 cm³/mol. The van der Waals surface area contributed by atoms with Gasteiger partial charge in [0.25, 0.3) is 5.91 Å². The number of ether oxygens (including phenoxy) is 3. The van der Waals surface area contributed by atoms with Crippen LogP contribution >= 0.6 is 0 Å². The highest BCUT2D eigenvalue weighted by Crippen LogP contribution is 2.26. The molecule has 2 aromatic carbocycles. The van der Waals surface area contributed by atoms with Crippen LogP contribution < -0.4 is 20.5 Å². The Balaban J connectivity index is 2.06.